The summed E-state index contributed by atoms with van der Waals surface area (Å²) in [6, 6.07) is 5.94. The lowest BCUT2D eigenvalue weighted by molar-refractivity contribution is 0.0756. The molecule has 4 unspecified atom stereocenters. The van der Waals surface area contributed by atoms with Gasteiger partial charge in [0.05, 0.1) is 6.10 Å². The molecule has 0 bridgehead atoms. The van der Waals surface area contributed by atoms with Gasteiger partial charge < -0.3 is 5.11 Å². The van der Waals surface area contributed by atoms with E-state index in [2.05, 4.69) is 44.7 Å². The summed E-state index contributed by atoms with van der Waals surface area (Å²) < 4.78 is 0. The maximum atomic E-state index is 10.8. The van der Waals surface area contributed by atoms with Gasteiger partial charge in [0.25, 0.3) is 0 Å². The first-order chi connectivity index (χ1) is 10.5. The van der Waals surface area contributed by atoms with Crippen LogP contribution in [0.1, 0.15) is 67.9 Å². The standard InChI is InChI=1S/C20H31NO/c1-13-11-18-8-7-17(20(22)19(18)12-14(13)2)9-10-21-15(3)5-6-16(21)4/h11-12,15-17,20,22H,5-10H2,1-4H3. The highest BCUT2D eigenvalue weighted by atomic mass is 16.3. The maximum absolute atomic E-state index is 10.8. The molecule has 1 heterocycles. The Bertz CT molecular complexity index is 529. The molecule has 1 fully saturated rings. The highest BCUT2D eigenvalue weighted by Crippen LogP contribution is 2.38. The van der Waals surface area contributed by atoms with E-state index in [1.165, 1.54) is 35.1 Å². The van der Waals surface area contributed by atoms with E-state index >= 15 is 0 Å². The quantitative estimate of drug-likeness (QED) is 0.906. The average Bonchev–Trinajstić information content (AvgIpc) is 2.80. The second-order valence-electron chi connectivity index (χ2n) is 7.68. The molecular formula is C20H31NO. The number of benzene rings is 1. The van der Waals surface area contributed by atoms with Crippen molar-refractivity contribution in [3.8, 4) is 0 Å². The van der Waals surface area contributed by atoms with Crippen LogP contribution in [-0.4, -0.2) is 28.6 Å². The van der Waals surface area contributed by atoms with Crippen molar-refractivity contribution in [1.82, 2.24) is 4.90 Å². The fourth-order valence-electron chi connectivity index (χ4n) is 4.45. The van der Waals surface area contributed by atoms with Crippen molar-refractivity contribution in [2.75, 3.05) is 6.54 Å². The Balaban J connectivity index is 1.68. The van der Waals surface area contributed by atoms with Crippen LogP contribution in [0.15, 0.2) is 12.1 Å². The molecule has 0 amide bonds. The molecule has 1 aromatic carbocycles. The van der Waals surface area contributed by atoms with E-state index in [0.717, 1.165) is 25.8 Å². The third-order valence-electron chi connectivity index (χ3n) is 6.20. The molecular weight excluding hydrogens is 270 g/mol. The van der Waals surface area contributed by atoms with Crippen LogP contribution in [-0.2, 0) is 6.42 Å². The molecule has 1 N–H and O–H groups in total. The zero-order valence-corrected chi connectivity index (χ0v) is 14.6. The smallest absolute Gasteiger partial charge is 0.0821 e. The minimum absolute atomic E-state index is 0.267. The number of nitrogens with zero attached hydrogens (tertiary/aromatic N) is 1. The van der Waals surface area contributed by atoms with Crippen molar-refractivity contribution >= 4 is 0 Å². The van der Waals surface area contributed by atoms with E-state index in [1.54, 1.807) is 0 Å². The average molecular weight is 301 g/mol. The third-order valence-corrected chi connectivity index (χ3v) is 6.20. The normalized spacial score (nSPS) is 32.2. The molecule has 22 heavy (non-hydrogen) atoms. The fourth-order valence-corrected chi connectivity index (χ4v) is 4.45. The molecule has 122 valence electrons. The van der Waals surface area contributed by atoms with Crippen molar-refractivity contribution < 1.29 is 5.11 Å². The predicted octanol–water partition coefficient (Wildman–Crippen LogP) is 4.16. The first kappa shape index (κ1) is 16.0. The molecule has 2 aliphatic rings. The minimum Gasteiger partial charge on any atom is -0.388 e. The highest BCUT2D eigenvalue weighted by molar-refractivity contribution is 5.40. The van der Waals surface area contributed by atoms with Crippen molar-refractivity contribution in [1.29, 1.82) is 0 Å². The largest absolute Gasteiger partial charge is 0.388 e. The minimum atomic E-state index is -0.267. The third kappa shape index (κ3) is 2.96. The summed E-state index contributed by atoms with van der Waals surface area (Å²) in [6.07, 6.45) is 5.78. The predicted molar refractivity (Wildman–Crippen MR) is 92.2 cm³/mol. The van der Waals surface area contributed by atoms with Gasteiger partial charge in [0, 0.05) is 12.1 Å². The molecule has 0 saturated carbocycles. The molecule has 0 spiro atoms. The Morgan fingerprint density at radius 2 is 1.68 bits per heavy atom. The Hall–Kier alpha value is -0.860. The van der Waals surface area contributed by atoms with Gasteiger partial charge in [0.15, 0.2) is 0 Å². The number of fused-ring (bicyclic) bond motifs is 1. The number of likely N-dealkylation sites (tertiary alicyclic amines) is 1. The van der Waals surface area contributed by atoms with Gasteiger partial charge in [0.1, 0.15) is 0 Å². The molecule has 0 radical (unpaired) electrons. The van der Waals surface area contributed by atoms with Gasteiger partial charge in [-0.3, -0.25) is 4.90 Å². The number of aliphatic hydroxyl groups is 1. The number of hydrogen-bond donors (Lipinski definition) is 1. The van der Waals surface area contributed by atoms with Crippen LogP contribution >= 0.6 is 0 Å². The van der Waals surface area contributed by atoms with Crippen molar-refractivity contribution in [3.05, 3.63) is 34.4 Å². The molecule has 4 atom stereocenters. The lowest BCUT2D eigenvalue weighted by atomic mass is 9.78. The van der Waals surface area contributed by atoms with Crippen molar-refractivity contribution in [3.63, 3.8) is 0 Å². The molecule has 1 aromatic rings. The molecule has 1 aliphatic heterocycles. The van der Waals surface area contributed by atoms with E-state index in [9.17, 15) is 5.11 Å². The zero-order valence-electron chi connectivity index (χ0n) is 14.6. The first-order valence-electron chi connectivity index (χ1n) is 9.01. The van der Waals surface area contributed by atoms with Crippen LogP contribution in [0.5, 0.6) is 0 Å². The van der Waals surface area contributed by atoms with Gasteiger partial charge in [-0.05, 0) is 94.5 Å². The summed E-state index contributed by atoms with van der Waals surface area (Å²) in [7, 11) is 0. The maximum Gasteiger partial charge on any atom is 0.0821 e. The van der Waals surface area contributed by atoms with E-state index in [4.69, 9.17) is 0 Å². The Labute approximate surface area is 135 Å². The van der Waals surface area contributed by atoms with E-state index in [1.807, 2.05) is 0 Å². The Kier molecular flexibility index (Phi) is 4.61. The lowest BCUT2D eigenvalue weighted by Gasteiger charge is -2.34. The van der Waals surface area contributed by atoms with Crippen molar-refractivity contribution in [2.24, 2.45) is 5.92 Å². The molecule has 2 heteroatoms. The lowest BCUT2D eigenvalue weighted by Crippen LogP contribution is -2.35. The highest BCUT2D eigenvalue weighted by Gasteiger charge is 2.31. The van der Waals surface area contributed by atoms with E-state index in [-0.39, 0.29) is 6.10 Å². The molecule has 3 rings (SSSR count). The molecule has 1 aliphatic carbocycles. The number of aliphatic hydroxyl groups excluding tert-OH is 1. The summed E-state index contributed by atoms with van der Waals surface area (Å²) >= 11 is 0. The van der Waals surface area contributed by atoms with E-state index < -0.39 is 0 Å². The van der Waals surface area contributed by atoms with Crippen LogP contribution in [0, 0.1) is 19.8 Å². The molecule has 1 saturated heterocycles. The summed E-state index contributed by atoms with van der Waals surface area (Å²) in [4.78, 5) is 2.64. The van der Waals surface area contributed by atoms with Crippen LogP contribution < -0.4 is 0 Å². The van der Waals surface area contributed by atoms with Crippen molar-refractivity contribution in [2.45, 2.75) is 78.0 Å². The SMILES string of the molecule is Cc1cc2c(cc1C)C(O)C(CCN1C(C)CCC1C)CC2. The Morgan fingerprint density at radius 3 is 2.36 bits per heavy atom. The first-order valence-corrected chi connectivity index (χ1v) is 9.01. The van der Waals surface area contributed by atoms with Crippen LogP contribution in [0.25, 0.3) is 0 Å². The molecule has 0 aromatic heterocycles. The van der Waals surface area contributed by atoms with Crippen LogP contribution in [0.3, 0.4) is 0 Å². The van der Waals surface area contributed by atoms with Crippen LogP contribution in [0.2, 0.25) is 0 Å². The number of rotatable bonds is 3. The fraction of sp³-hybridized carbons (Fsp3) is 0.700. The van der Waals surface area contributed by atoms with Gasteiger partial charge in [-0.15, -0.1) is 0 Å². The summed E-state index contributed by atoms with van der Waals surface area (Å²) in [5.41, 5.74) is 5.22. The second-order valence-corrected chi connectivity index (χ2v) is 7.68. The second kappa shape index (κ2) is 6.33. The van der Waals surface area contributed by atoms with Crippen LogP contribution in [0.4, 0.5) is 0 Å². The number of hydrogen-bond acceptors (Lipinski definition) is 2. The topological polar surface area (TPSA) is 23.5 Å². The summed E-state index contributed by atoms with van der Waals surface area (Å²) in [6.45, 7) is 10.2. The zero-order chi connectivity index (χ0) is 15.9. The van der Waals surface area contributed by atoms with Gasteiger partial charge in [-0.25, -0.2) is 0 Å². The monoisotopic (exact) mass is 301 g/mol. The van der Waals surface area contributed by atoms with E-state index in [0.29, 0.717) is 18.0 Å². The van der Waals surface area contributed by atoms with Gasteiger partial charge in [-0.2, -0.15) is 0 Å². The van der Waals surface area contributed by atoms with Gasteiger partial charge in [-0.1, -0.05) is 12.1 Å². The van der Waals surface area contributed by atoms with Gasteiger partial charge >= 0.3 is 0 Å². The molecule has 2 nitrogen and oxygen atoms in total. The Morgan fingerprint density at radius 1 is 1.05 bits per heavy atom. The summed E-state index contributed by atoms with van der Waals surface area (Å²) in [5.74, 6) is 0.426. The van der Waals surface area contributed by atoms with Gasteiger partial charge in [0.2, 0.25) is 0 Å². The number of aryl methyl sites for hydroxylation is 3. The summed E-state index contributed by atoms with van der Waals surface area (Å²) in [5, 5.41) is 10.8.